The minimum atomic E-state index is -1.03. The van der Waals surface area contributed by atoms with E-state index in [9.17, 15) is 4.79 Å². The van der Waals surface area contributed by atoms with E-state index in [1.165, 1.54) is 6.92 Å². The molecule has 0 aromatic heterocycles. The van der Waals surface area contributed by atoms with Gasteiger partial charge < -0.3 is 9.94 Å². The quantitative estimate of drug-likeness (QED) is 0.300. The number of nitrogens with two attached hydrogens (primary N) is 1. The van der Waals surface area contributed by atoms with Crippen molar-refractivity contribution in [1.29, 1.82) is 0 Å². The van der Waals surface area contributed by atoms with Crippen LogP contribution in [0.4, 0.5) is 0 Å². The van der Waals surface area contributed by atoms with Gasteiger partial charge in [0.1, 0.15) is 6.26 Å². The lowest BCUT2D eigenvalue weighted by molar-refractivity contribution is -0.132. The highest BCUT2D eigenvalue weighted by Gasteiger charge is 1.96. The maximum Gasteiger partial charge on any atom is 0.334 e. The second-order valence-electron chi connectivity index (χ2n) is 1.24. The zero-order valence-electron chi connectivity index (χ0n) is 4.42. The summed E-state index contributed by atoms with van der Waals surface area (Å²) in [5.74, 6) is 3.50. The van der Waals surface area contributed by atoms with Gasteiger partial charge in [-0.2, -0.15) is 5.90 Å². The molecule has 0 rings (SSSR count). The number of rotatable bonds is 2. The summed E-state index contributed by atoms with van der Waals surface area (Å²) in [4.78, 5) is 13.8. The van der Waals surface area contributed by atoms with Crippen molar-refractivity contribution in [2.45, 2.75) is 6.92 Å². The van der Waals surface area contributed by atoms with Gasteiger partial charge in [0.25, 0.3) is 0 Å². The average molecular weight is 117 g/mol. The van der Waals surface area contributed by atoms with E-state index in [0.29, 0.717) is 0 Å². The van der Waals surface area contributed by atoms with Gasteiger partial charge in [-0.3, -0.25) is 0 Å². The molecule has 0 aliphatic heterocycles. The summed E-state index contributed by atoms with van der Waals surface area (Å²) >= 11 is 0. The van der Waals surface area contributed by atoms with Gasteiger partial charge in [-0.1, -0.05) is 0 Å². The summed E-state index contributed by atoms with van der Waals surface area (Å²) in [6, 6.07) is 0. The Kier molecular flexibility index (Phi) is 2.64. The largest absolute Gasteiger partial charge is 0.478 e. The van der Waals surface area contributed by atoms with Crippen LogP contribution in [-0.2, 0) is 9.63 Å². The van der Waals surface area contributed by atoms with Crippen molar-refractivity contribution < 1.29 is 14.7 Å². The molecule has 3 N–H and O–H groups in total. The van der Waals surface area contributed by atoms with Crippen LogP contribution < -0.4 is 5.90 Å². The Morgan fingerprint density at radius 1 is 1.88 bits per heavy atom. The van der Waals surface area contributed by atoms with E-state index in [1.54, 1.807) is 0 Å². The Morgan fingerprint density at radius 3 is 2.50 bits per heavy atom. The Bertz CT molecular complexity index is 118. The lowest BCUT2D eigenvalue weighted by Crippen LogP contribution is -1.99. The first kappa shape index (κ1) is 6.97. The molecule has 0 amide bonds. The van der Waals surface area contributed by atoms with E-state index in [2.05, 4.69) is 10.7 Å². The van der Waals surface area contributed by atoms with Crippen molar-refractivity contribution >= 4 is 5.97 Å². The summed E-state index contributed by atoms with van der Waals surface area (Å²) in [6.45, 7) is 1.38. The highest BCUT2D eigenvalue weighted by molar-refractivity contribution is 5.85. The molecular weight excluding hydrogens is 110 g/mol. The highest BCUT2D eigenvalue weighted by atomic mass is 16.6. The number of hydrogen-bond donors (Lipinski definition) is 2. The lowest BCUT2D eigenvalue weighted by Gasteiger charge is -1.88. The van der Waals surface area contributed by atoms with E-state index in [-0.39, 0.29) is 5.57 Å². The minimum absolute atomic E-state index is 0.0764. The Labute approximate surface area is 46.5 Å². The maximum absolute atomic E-state index is 9.89. The van der Waals surface area contributed by atoms with E-state index in [0.717, 1.165) is 6.26 Å². The molecule has 0 aromatic carbocycles. The molecule has 0 fully saturated rings. The van der Waals surface area contributed by atoms with Crippen molar-refractivity contribution in [3.63, 3.8) is 0 Å². The van der Waals surface area contributed by atoms with Gasteiger partial charge in [-0.05, 0) is 6.92 Å². The third-order valence-electron chi connectivity index (χ3n) is 0.582. The van der Waals surface area contributed by atoms with E-state index in [1.807, 2.05) is 0 Å². The van der Waals surface area contributed by atoms with Crippen molar-refractivity contribution in [3.05, 3.63) is 11.8 Å². The summed E-state index contributed by atoms with van der Waals surface area (Å²) in [6.07, 6.45) is 0.961. The summed E-state index contributed by atoms with van der Waals surface area (Å²) < 4.78 is 0. The van der Waals surface area contributed by atoms with Crippen LogP contribution in [-0.4, -0.2) is 11.1 Å². The predicted octanol–water partition coefficient (Wildman–Crippen LogP) is -0.135. The zero-order chi connectivity index (χ0) is 6.57. The lowest BCUT2D eigenvalue weighted by atomic mass is 10.4. The first-order valence-corrected chi connectivity index (χ1v) is 1.94. The van der Waals surface area contributed by atoms with Gasteiger partial charge in [0.2, 0.25) is 0 Å². The average Bonchev–Trinajstić information content (AvgIpc) is 1.67. The van der Waals surface area contributed by atoms with Gasteiger partial charge >= 0.3 is 5.97 Å². The highest BCUT2D eigenvalue weighted by Crippen LogP contribution is 1.88. The number of carboxylic acid groups (broad SMARTS) is 1. The summed E-state index contributed by atoms with van der Waals surface area (Å²) in [5.41, 5.74) is 0.0764. The van der Waals surface area contributed by atoms with Crippen molar-refractivity contribution in [3.8, 4) is 0 Å². The fraction of sp³-hybridized carbons (Fsp3) is 0.250. The van der Waals surface area contributed by atoms with Crippen LogP contribution in [0.1, 0.15) is 6.92 Å². The van der Waals surface area contributed by atoms with E-state index >= 15 is 0 Å². The number of aliphatic carboxylic acids is 1. The Morgan fingerprint density at radius 2 is 2.38 bits per heavy atom. The number of hydrogen-bond acceptors (Lipinski definition) is 3. The molecule has 4 heteroatoms. The fourth-order valence-corrected chi connectivity index (χ4v) is 0.152. The molecular formula is C4H7NO3. The standard InChI is InChI=1S/C4H7NO3/c1-3(2-8-5)4(6)7/h2H,5H2,1H3,(H,6,7)/b3-2+. The molecule has 4 nitrogen and oxygen atoms in total. The zero-order valence-corrected chi connectivity index (χ0v) is 4.42. The van der Waals surface area contributed by atoms with Crippen molar-refractivity contribution in [1.82, 2.24) is 0 Å². The number of carbonyl (C=O) groups is 1. The molecule has 0 bridgehead atoms. The second kappa shape index (κ2) is 3.04. The van der Waals surface area contributed by atoms with Gasteiger partial charge in [-0.25, -0.2) is 4.79 Å². The molecule has 0 saturated carbocycles. The Hall–Kier alpha value is -1.03. The normalized spacial score (nSPS) is 11.0. The van der Waals surface area contributed by atoms with Crippen LogP contribution in [0.3, 0.4) is 0 Å². The molecule has 0 heterocycles. The Balaban J connectivity index is 3.80. The van der Waals surface area contributed by atoms with Gasteiger partial charge in [0, 0.05) is 0 Å². The minimum Gasteiger partial charge on any atom is -0.478 e. The molecule has 0 spiro atoms. The first-order chi connectivity index (χ1) is 3.68. The fourth-order valence-electron chi connectivity index (χ4n) is 0.152. The van der Waals surface area contributed by atoms with Crippen LogP contribution >= 0.6 is 0 Å². The van der Waals surface area contributed by atoms with Gasteiger partial charge in [0.15, 0.2) is 0 Å². The SMILES string of the molecule is C/C(=C\ON)C(=O)O. The molecule has 8 heavy (non-hydrogen) atoms. The molecule has 0 unspecified atom stereocenters. The molecule has 0 aromatic rings. The maximum atomic E-state index is 9.89. The third-order valence-corrected chi connectivity index (χ3v) is 0.582. The van der Waals surface area contributed by atoms with Crippen LogP contribution in [0.2, 0.25) is 0 Å². The van der Waals surface area contributed by atoms with Crippen LogP contribution in [0.25, 0.3) is 0 Å². The van der Waals surface area contributed by atoms with E-state index in [4.69, 9.17) is 5.11 Å². The number of carboxylic acids is 1. The monoisotopic (exact) mass is 117 g/mol. The predicted molar refractivity (Wildman–Crippen MR) is 26.7 cm³/mol. The van der Waals surface area contributed by atoms with Gasteiger partial charge in [-0.15, -0.1) is 0 Å². The van der Waals surface area contributed by atoms with Crippen molar-refractivity contribution in [2.75, 3.05) is 0 Å². The van der Waals surface area contributed by atoms with Gasteiger partial charge in [0.05, 0.1) is 5.57 Å². The second-order valence-corrected chi connectivity index (χ2v) is 1.24. The topological polar surface area (TPSA) is 72.5 Å². The third kappa shape index (κ3) is 2.20. The molecule has 0 radical (unpaired) electrons. The van der Waals surface area contributed by atoms with Crippen molar-refractivity contribution in [2.24, 2.45) is 5.90 Å². The van der Waals surface area contributed by atoms with Crippen LogP contribution in [0, 0.1) is 0 Å². The molecule has 0 aliphatic rings. The molecule has 0 saturated heterocycles. The van der Waals surface area contributed by atoms with E-state index < -0.39 is 5.97 Å². The smallest absolute Gasteiger partial charge is 0.334 e. The molecule has 46 valence electrons. The first-order valence-electron chi connectivity index (χ1n) is 1.94. The van der Waals surface area contributed by atoms with Crippen LogP contribution in [0.15, 0.2) is 11.8 Å². The van der Waals surface area contributed by atoms with Crippen LogP contribution in [0.5, 0.6) is 0 Å². The summed E-state index contributed by atoms with van der Waals surface area (Å²) in [7, 11) is 0. The summed E-state index contributed by atoms with van der Waals surface area (Å²) in [5, 5.41) is 8.11. The molecule has 0 atom stereocenters. The molecule has 0 aliphatic carbocycles.